The van der Waals surface area contributed by atoms with Crippen molar-refractivity contribution >= 4 is 5.97 Å². The second-order valence-electron chi connectivity index (χ2n) is 9.54. The van der Waals surface area contributed by atoms with Crippen LogP contribution >= 0.6 is 0 Å². The molecule has 1 saturated heterocycles. The topological polar surface area (TPSA) is 109 Å². The maximum atomic E-state index is 13.2. The zero-order valence-corrected chi connectivity index (χ0v) is 22.0. The van der Waals surface area contributed by atoms with E-state index in [0.29, 0.717) is 17.7 Å². The molecule has 1 aliphatic heterocycles. The molecule has 5 rings (SSSR count). The highest BCUT2D eigenvalue weighted by Crippen LogP contribution is 2.34. The third-order valence-electron chi connectivity index (χ3n) is 6.64. The molecule has 3 aromatic carbocycles. The minimum absolute atomic E-state index is 0.112. The molecule has 1 fully saturated rings. The zero-order valence-electron chi connectivity index (χ0n) is 22.0. The molecule has 4 atom stereocenters. The number of hydrogen-bond acceptors (Lipinski definition) is 7. The molecule has 206 valence electrons. The first kappa shape index (κ1) is 27.3. The van der Waals surface area contributed by atoms with Crippen molar-refractivity contribution in [2.24, 2.45) is 0 Å². The van der Waals surface area contributed by atoms with Gasteiger partial charge in [0.25, 0.3) is 5.56 Å². The number of esters is 1. The number of carbonyl (C=O) groups excluding carboxylic acids is 1. The molecule has 0 amide bonds. The Morgan fingerprint density at radius 3 is 2.10 bits per heavy atom. The summed E-state index contributed by atoms with van der Waals surface area (Å²) in [5.74, 6) is -0.590. The largest absolute Gasteiger partial charge is 0.451 e. The maximum Gasteiger partial charge on any atom is 0.338 e. The molecule has 0 bridgehead atoms. The monoisotopic (exact) mass is 542 g/mol. The van der Waals surface area contributed by atoms with Gasteiger partial charge >= 0.3 is 11.7 Å². The van der Waals surface area contributed by atoms with Crippen LogP contribution in [-0.2, 0) is 32.2 Å². The van der Waals surface area contributed by atoms with Crippen molar-refractivity contribution in [1.29, 1.82) is 0 Å². The van der Waals surface area contributed by atoms with Crippen LogP contribution < -0.4 is 11.2 Å². The Labute approximate surface area is 230 Å². The third-order valence-corrected chi connectivity index (χ3v) is 6.64. The average Bonchev–Trinajstić information content (AvgIpc) is 3.31. The van der Waals surface area contributed by atoms with E-state index in [-0.39, 0.29) is 13.2 Å². The summed E-state index contributed by atoms with van der Waals surface area (Å²) in [6.07, 6.45) is -2.17. The minimum atomic E-state index is -1.07. The van der Waals surface area contributed by atoms with E-state index in [9.17, 15) is 14.4 Å². The molecule has 1 aromatic heterocycles. The van der Waals surface area contributed by atoms with Gasteiger partial charge in [0.15, 0.2) is 12.3 Å². The summed E-state index contributed by atoms with van der Waals surface area (Å²) in [4.78, 5) is 40.5. The number of aromatic nitrogens is 2. The molecule has 0 radical (unpaired) electrons. The molecular formula is C31H30N2O7. The maximum absolute atomic E-state index is 13.2. The SMILES string of the molecule is Cc1cn([C@@H]2O[C@H](COCc3ccccc3)[C@@H](OCc3ccccc3)[C@H]2OC(=O)c2ccccc2)c(=O)[nH]c1=O. The second kappa shape index (κ2) is 12.7. The van der Waals surface area contributed by atoms with Gasteiger partial charge in [-0.3, -0.25) is 14.3 Å². The summed E-state index contributed by atoms with van der Waals surface area (Å²) >= 11 is 0. The Morgan fingerprint density at radius 1 is 0.850 bits per heavy atom. The van der Waals surface area contributed by atoms with Crippen molar-refractivity contribution in [2.45, 2.75) is 44.7 Å². The number of H-pyrrole nitrogens is 1. The lowest BCUT2D eigenvalue weighted by Gasteiger charge is -2.25. The highest BCUT2D eigenvalue weighted by Gasteiger charge is 2.49. The Morgan fingerprint density at radius 2 is 1.45 bits per heavy atom. The van der Waals surface area contributed by atoms with Crippen LogP contribution in [0.5, 0.6) is 0 Å². The number of hydrogen-bond donors (Lipinski definition) is 1. The fraction of sp³-hybridized carbons (Fsp3) is 0.258. The first-order valence-electron chi connectivity index (χ1n) is 13.0. The fourth-order valence-corrected chi connectivity index (χ4v) is 4.57. The molecule has 2 heterocycles. The molecule has 9 heteroatoms. The van der Waals surface area contributed by atoms with E-state index in [1.165, 1.54) is 10.8 Å². The molecular weight excluding hydrogens is 512 g/mol. The second-order valence-corrected chi connectivity index (χ2v) is 9.54. The number of nitrogens with one attached hydrogen (secondary N) is 1. The molecule has 0 saturated carbocycles. The van der Waals surface area contributed by atoms with Gasteiger partial charge in [-0.1, -0.05) is 78.9 Å². The molecule has 0 spiro atoms. The molecule has 4 aromatic rings. The summed E-state index contributed by atoms with van der Waals surface area (Å²) in [6, 6.07) is 27.8. The van der Waals surface area contributed by atoms with Gasteiger partial charge in [-0.25, -0.2) is 9.59 Å². The molecule has 0 unspecified atom stereocenters. The summed E-state index contributed by atoms with van der Waals surface area (Å²) in [5.41, 5.74) is 1.36. The standard InChI is InChI=1S/C31H30N2O7/c1-21-17-33(31(36)32-28(21)34)29-27(40-30(35)24-15-9-4-10-16-24)26(38-19-23-13-7-3-8-14-23)25(39-29)20-37-18-22-11-5-2-6-12-22/h2-17,25-27,29H,18-20H2,1H3,(H,32,34,36)/t25-,26-,27-,29-/m1/s1. The number of rotatable bonds is 10. The predicted octanol–water partition coefficient (Wildman–Crippen LogP) is 3.77. The summed E-state index contributed by atoms with van der Waals surface area (Å²) in [5, 5.41) is 0. The fourth-order valence-electron chi connectivity index (χ4n) is 4.57. The van der Waals surface area contributed by atoms with Crippen LogP contribution in [0, 0.1) is 6.92 Å². The van der Waals surface area contributed by atoms with Gasteiger partial charge < -0.3 is 18.9 Å². The Balaban J connectivity index is 1.46. The van der Waals surface area contributed by atoms with Crippen molar-refractivity contribution in [1.82, 2.24) is 9.55 Å². The lowest BCUT2D eigenvalue weighted by Crippen LogP contribution is -2.42. The van der Waals surface area contributed by atoms with Crippen LogP contribution in [0.2, 0.25) is 0 Å². The van der Waals surface area contributed by atoms with Crippen LogP contribution in [0.3, 0.4) is 0 Å². The van der Waals surface area contributed by atoms with Gasteiger partial charge in [-0.05, 0) is 30.2 Å². The van der Waals surface area contributed by atoms with E-state index in [1.807, 2.05) is 60.7 Å². The number of benzene rings is 3. The van der Waals surface area contributed by atoms with E-state index in [4.69, 9.17) is 18.9 Å². The molecule has 0 aliphatic carbocycles. The van der Waals surface area contributed by atoms with E-state index in [2.05, 4.69) is 4.98 Å². The number of ether oxygens (including phenoxy) is 4. The number of aryl methyl sites for hydroxylation is 1. The Kier molecular flexibility index (Phi) is 8.65. The lowest BCUT2D eigenvalue weighted by molar-refractivity contribution is -0.0835. The van der Waals surface area contributed by atoms with Crippen LogP contribution in [0.15, 0.2) is 107 Å². The third kappa shape index (κ3) is 6.45. The van der Waals surface area contributed by atoms with Gasteiger partial charge in [0.1, 0.15) is 12.2 Å². The summed E-state index contributed by atoms with van der Waals surface area (Å²) in [6.45, 7) is 2.25. The lowest BCUT2D eigenvalue weighted by atomic mass is 10.1. The van der Waals surface area contributed by atoms with Crippen LogP contribution in [0.25, 0.3) is 0 Å². The van der Waals surface area contributed by atoms with Crippen molar-refractivity contribution in [3.8, 4) is 0 Å². The average molecular weight is 543 g/mol. The van der Waals surface area contributed by atoms with Gasteiger partial charge in [0.2, 0.25) is 0 Å². The predicted molar refractivity (Wildman–Crippen MR) is 147 cm³/mol. The molecule has 9 nitrogen and oxygen atoms in total. The molecule has 1 aliphatic rings. The zero-order chi connectivity index (χ0) is 27.9. The van der Waals surface area contributed by atoms with Crippen molar-refractivity contribution in [3.05, 3.63) is 140 Å². The van der Waals surface area contributed by atoms with Crippen LogP contribution in [0.1, 0.15) is 33.3 Å². The van der Waals surface area contributed by atoms with Gasteiger partial charge in [0.05, 0.1) is 25.4 Å². The molecule has 1 N–H and O–H groups in total. The van der Waals surface area contributed by atoms with E-state index >= 15 is 0 Å². The quantitative estimate of drug-likeness (QED) is 0.304. The number of nitrogens with zero attached hydrogens (tertiary/aromatic N) is 1. The van der Waals surface area contributed by atoms with Gasteiger partial charge in [-0.15, -0.1) is 0 Å². The Bertz CT molecular complexity index is 1520. The number of aromatic amines is 1. The smallest absolute Gasteiger partial charge is 0.338 e. The van der Waals surface area contributed by atoms with Crippen LogP contribution in [-0.4, -0.2) is 40.4 Å². The summed E-state index contributed by atoms with van der Waals surface area (Å²) in [7, 11) is 0. The number of carbonyl (C=O) groups is 1. The van der Waals surface area contributed by atoms with E-state index in [1.54, 1.807) is 37.3 Å². The van der Waals surface area contributed by atoms with Gasteiger partial charge in [-0.2, -0.15) is 0 Å². The molecule has 40 heavy (non-hydrogen) atoms. The Hall–Kier alpha value is -4.31. The first-order valence-corrected chi connectivity index (χ1v) is 13.0. The summed E-state index contributed by atoms with van der Waals surface area (Å²) < 4.78 is 25.9. The van der Waals surface area contributed by atoms with Crippen molar-refractivity contribution < 1.29 is 23.7 Å². The normalized spacial score (nSPS) is 20.3. The minimum Gasteiger partial charge on any atom is -0.451 e. The van der Waals surface area contributed by atoms with Crippen molar-refractivity contribution in [3.63, 3.8) is 0 Å². The highest BCUT2D eigenvalue weighted by molar-refractivity contribution is 5.89. The first-order chi connectivity index (χ1) is 19.5. The van der Waals surface area contributed by atoms with Crippen LogP contribution in [0.4, 0.5) is 0 Å². The highest BCUT2D eigenvalue weighted by atomic mass is 16.6. The van der Waals surface area contributed by atoms with E-state index in [0.717, 1.165) is 11.1 Å². The van der Waals surface area contributed by atoms with E-state index < -0.39 is 41.8 Å². The van der Waals surface area contributed by atoms with Gasteiger partial charge in [0, 0.05) is 11.8 Å². The van der Waals surface area contributed by atoms with Crippen molar-refractivity contribution in [2.75, 3.05) is 6.61 Å².